The van der Waals surface area contributed by atoms with E-state index in [1.165, 1.54) is 5.56 Å². The van der Waals surface area contributed by atoms with Crippen LogP contribution in [0.5, 0.6) is 5.75 Å². The van der Waals surface area contributed by atoms with Gasteiger partial charge in [0.1, 0.15) is 5.75 Å². The predicted octanol–water partition coefficient (Wildman–Crippen LogP) is 3.52. The third-order valence-corrected chi connectivity index (χ3v) is 3.86. The molecule has 0 spiro atoms. The zero-order chi connectivity index (χ0) is 14.6. The molecule has 0 saturated carbocycles. The Morgan fingerprint density at radius 1 is 1.26 bits per heavy atom. The summed E-state index contributed by atoms with van der Waals surface area (Å²) in [5, 5.41) is 0. The fourth-order valence-corrected chi connectivity index (χ4v) is 2.55. The summed E-state index contributed by atoms with van der Waals surface area (Å²) in [6.07, 6.45) is 0.860. The Bertz CT molecular complexity index is 431. The van der Waals surface area contributed by atoms with Gasteiger partial charge in [0.05, 0.1) is 18.8 Å². The van der Waals surface area contributed by atoms with E-state index in [1.54, 1.807) is 7.11 Å². The van der Waals surface area contributed by atoms with Gasteiger partial charge in [-0.2, -0.15) is 0 Å². The number of rotatable bonds is 6. The number of ether oxygens (including phenoxy) is 2. The lowest BCUT2D eigenvalue weighted by Crippen LogP contribution is -2.41. The van der Waals surface area contributed by atoms with Crippen LogP contribution in [0.2, 0.25) is 0 Å². The summed E-state index contributed by atoms with van der Waals surface area (Å²) in [7, 11) is 1.69. The molecule has 0 aliphatic heterocycles. The van der Waals surface area contributed by atoms with Crippen molar-refractivity contribution in [2.45, 2.75) is 52.7 Å². The quantitative estimate of drug-likeness (QED) is 0.856. The number of benzene rings is 1. The van der Waals surface area contributed by atoms with Crippen LogP contribution in [-0.4, -0.2) is 19.3 Å². The molecule has 2 atom stereocenters. The van der Waals surface area contributed by atoms with Gasteiger partial charge in [0.15, 0.2) is 0 Å². The lowest BCUT2D eigenvalue weighted by molar-refractivity contribution is -0.0477. The van der Waals surface area contributed by atoms with Crippen molar-refractivity contribution in [3.63, 3.8) is 0 Å². The van der Waals surface area contributed by atoms with Crippen LogP contribution in [0.3, 0.4) is 0 Å². The molecular formula is C16H27NO2. The Balaban J connectivity index is 3.28. The van der Waals surface area contributed by atoms with E-state index in [4.69, 9.17) is 15.2 Å². The Hall–Kier alpha value is -1.06. The Kier molecular flexibility index (Phi) is 5.39. The van der Waals surface area contributed by atoms with E-state index in [9.17, 15) is 0 Å². The summed E-state index contributed by atoms with van der Waals surface area (Å²) in [6.45, 7) is 11.0. The topological polar surface area (TPSA) is 44.5 Å². The maximum Gasteiger partial charge on any atom is 0.124 e. The van der Waals surface area contributed by atoms with Gasteiger partial charge in [-0.05, 0) is 51.3 Å². The van der Waals surface area contributed by atoms with Crippen LogP contribution in [0.25, 0.3) is 0 Å². The maximum absolute atomic E-state index is 6.49. The van der Waals surface area contributed by atoms with Crippen LogP contribution in [0.15, 0.2) is 12.1 Å². The molecular weight excluding hydrogens is 238 g/mol. The highest BCUT2D eigenvalue weighted by molar-refractivity contribution is 5.46. The lowest BCUT2D eigenvalue weighted by atomic mass is 9.85. The first-order chi connectivity index (χ1) is 8.89. The Morgan fingerprint density at radius 3 is 2.37 bits per heavy atom. The van der Waals surface area contributed by atoms with Gasteiger partial charge < -0.3 is 15.2 Å². The van der Waals surface area contributed by atoms with Crippen LogP contribution in [0.4, 0.5) is 0 Å². The van der Waals surface area contributed by atoms with Crippen molar-refractivity contribution < 1.29 is 9.47 Å². The minimum absolute atomic E-state index is 0.201. The highest BCUT2D eigenvalue weighted by Crippen LogP contribution is 2.37. The van der Waals surface area contributed by atoms with Gasteiger partial charge in [0, 0.05) is 12.2 Å². The first-order valence-electron chi connectivity index (χ1n) is 6.94. The molecule has 0 bridgehead atoms. The molecule has 3 heteroatoms. The summed E-state index contributed by atoms with van der Waals surface area (Å²) < 4.78 is 11.4. The van der Waals surface area contributed by atoms with Crippen molar-refractivity contribution in [2.24, 2.45) is 5.73 Å². The molecule has 1 rings (SSSR count). The molecule has 19 heavy (non-hydrogen) atoms. The first kappa shape index (κ1) is 16.0. The predicted molar refractivity (Wildman–Crippen MR) is 79.7 cm³/mol. The number of aryl methyl sites for hydroxylation is 2. The van der Waals surface area contributed by atoms with Crippen LogP contribution in [-0.2, 0) is 4.74 Å². The molecule has 2 unspecified atom stereocenters. The summed E-state index contributed by atoms with van der Waals surface area (Å²) in [6, 6.07) is 3.97. The molecule has 0 aliphatic rings. The maximum atomic E-state index is 6.49. The number of nitrogens with two attached hydrogens (primary N) is 1. The van der Waals surface area contributed by atoms with Gasteiger partial charge in [0.2, 0.25) is 0 Å². The smallest absolute Gasteiger partial charge is 0.124 e. The summed E-state index contributed by atoms with van der Waals surface area (Å²) in [5.74, 6) is 0.851. The summed E-state index contributed by atoms with van der Waals surface area (Å²) in [5.41, 5.74) is 9.50. The van der Waals surface area contributed by atoms with Crippen LogP contribution >= 0.6 is 0 Å². The van der Waals surface area contributed by atoms with E-state index < -0.39 is 0 Å². The number of methoxy groups -OCH3 is 1. The molecule has 0 heterocycles. The molecule has 2 N–H and O–H groups in total. The van der Waals surface area contributed by atoms with E-state index in [0.29, 0.717) is 6.61 Å². The molecule has 1 aromatic rings. The average molecular weight is 265 g/mol. The number of hydrogen-bond donors (Lipinski definition) is 1. The molecule has 1 aromatic carbocycles. The lowest BCUT2D eigenvalue weighted by Gasteiger charge is -2.36. The molecule has 0 radical (unpaired) electrons. The average Bonchev–Trinajstić information content (AvgIpc) is 2.37. The molecule has 108 valence electrons. The molecule has 0 saturated heterocycles. The fourth-order valence-electron chi connectivity index (χ4n) is 2.55. The van der Waals surface area contributed by atoms with Crippen LogP contribution in [0, 0.1) is 13.8 Å². The van der Waals surface area contributed by atoms with Crippen LogP contribution in [0.1, 0.15) is 49.9 Å². The zero-order valence-electron chi connectivity index (χ0n) is 13.0. The van der Waals surface area contributed by atoms with Crippen molar-refractivity contribution in [1.29, 1.82) is 0 Å². The van der Waals surface area contributed by atoms with Crippen molar-refractivity contribution in [2.75, 3.05) is 13.7 Å². The third kappa shape index (κ3) is 3.28. The van der Waals surface area contributed by atoms with E-state index in [1.807, 2.05) is 13.0 Å². The third-order valence-electron chi connectivity index (χ3n) is 3.86. The highest BCUT2D eigenvalue weighted by Gasteiger charge is 2.34. The molecule has 0 aromatic heterocycles. The minimum Gasteiger partial charge on any atom is -0.496 e. The highest BCUT2D eigenvalue weighted by atomic mass is 16.5. The van der Waals surface area contributed by atoms with E-state index in [0.717, 1.165) is 23.3 Å². The van der Waals surface area contributed by atoms with Gasteiger partial charge in [-0.15, -0.1) is 0 Å². The van der Waals surface area contributed by atoms with Crippen molar-refractivity contribution in [3.05, 3.63) is 28.8 Å². The van der Waals surface area contributed by atoms with Gasteiger partial charge in [-0.1, -0.05) is 13.0 Å². The van der Waals surface area contributed by atoms with Crippen molar-refractivity contribution in [3.8, 4) is 5.75 Å². The van der Waals surface area contributed by atoms with Gasteiger partial charge in [0.25, 0.3) is 0 Å². The van der Waals surface area contributed by atoms with E-state index >= 15 is 0 Å². The van der Waals surface area contributed by atoms with Crippen LogP contribution < -0.4 is 10.5 Å². The second kappa shape index (κ2) is 6.40. The summed E-state index contributed by atoms with van der Waals surface area (Å²) >= 11 is 0. The van der Waals surface area contributed by atoms with E-state index in [-0.39, 0.29) is 11.6 Å². The molecule has 3 nitrogen and oxygen atoms in total. The second-order valence-electron chi connectivity index (χ2n) is 5.27. The Labute approximate surface area is 117 Å². The van der Waals surface area contributed by atoms with Gasteiger partial charge in [-0.3, -0.25) is 0 Å². The SMILES string of the molecule is CCOC(C)(CC)C(N)c1c(C)cc(C)cc1OC. The molecule has 0 fully saturated rings. The van der Waals surface area contributed by atoms with E-state index in [2.05, 4.69) is 33.8 Å². The fraction of sp³-hybridized carbons (Fsp3) is 0.625. The molecule has 0 aliphatic carbocycles. The normalized spacial score (nSPS) is 15.9. The summed E-state index contributed by atoms with van der Waals surface area (Å²) in [4.78, 5) is 0. The Morgan fingerprint density at radius 2 is 1.89 bits per heavy atom. The largest absolute Gasteiger partial charge is 0.496 e. The second-order valence-corrected chi connectivity index (χ2v) is 5.27. The van der Waals surface area contributed by atoms with Gasteiger partial charge >= 0.3 is 0 Å². The molecule has 0 amide bonds. The van der Waals surface area contributed by atoms with Crippen molar-refractivity contribution in [1.82, 2.24) is 0 Å². The monoisotopic (exact) mass is 265 g/mol. The minimum atomic E-state index is -0.373. The standard InChI is InChI=1S/C16H27NO2/c1-7-16(5,19-8-2)15(17)14-12(4)9-11(3)10-13(14)18-6/h9-10,15H,7-8,17H2,1-6H3. The van der Waals surface area contributed by atoms with Crippen molar-refractivity contribution >= 4 is 0 Å². The number of hydrogen-bond acceptors (Lipinski definition) is 3. The first-order valence-corrected chi connectivity index (χ1v) is 6.94. The van der Waals surface area contributed by atoms with Gasteiger partial charge in [-0.25, -0.2) is 0 Å². The zero-order valence-corrected chi connectivity index (χ0v) is 13.0.